The van der Waals surface area contributed by atoms with E-state index in [9.17, 15) is 0 Å². The molecule has 1 saturated carbocycles. The van der Waals surface area contributed by atoms with Crippen LogP contribution in [0.25, 0.3) is 27.7 Å². The molecule has 2 unspecified atom stereocenters. The highest BCUT2D eigenvalue weighted by molar-refractivity contribution is 5.96. The highest BCUT2D eigenvalue weighted by atomic mass is 15.1. The van der Waals surface area contributed by atoms with Gasteiger partial charge in [-0.05, 0) is 36.0 Å². The van der Waals surface area contributed by atoms with Crippen LogP contribution in [0.4, 0.5) is 0 Å². The molecule has 2 aliphatic carbocycles. The van der Waals surface area contributed by atoms with E-state index in [4.69, 9.17) is 0 Å². The van der Waals surface area contributed by atoms with Gasteiger partial charge < -0.3 is 0 Å². The molecule has 5 rings (SSSR count). The molecule has 2 aliphatic rings. The van der Waals surface area contributed by atoms with Gasteiger partial charge in [0.1, 0.15) is 0 Å². The van der Waals surface area contributed by atoms with Crippen LogP contribution >= 0.6 is 0 Å². The number of rotatable bonds is 2. The van der Waals surface area contributed by atoms with Gasteiger partial charge >= 0.3 is 0 Å². The second kappa shape index (κ2) is 4.41. The summed E-state index contributed by atoms with van der Waals surface area (Å²) in [6, 6.07) is 10.3. The second-order valence-corrected chi connectivity index (χ2v) is 6.05. The number of benzene rings is 1. The summed E-state index contributed by atoms with van der Waals surface area (Å²) < 4.78 is 0. The van der Waals surface area contributed by atoms with Crippen LogP contribution in [0.1, 0.15) is 12.0 Å². The molecule has 0 bridgehead atoms. The van der Waals surface area contributed by atoms with E-state index < -0.39 is 0 Å². The van der Waals surface area contributed by atoms with Crippen LogP contribution in [0.3, 0.4) is 0 Å². The number of fused-ring (bicyclic) bond motifs is 2. The molecule has 2 atom stereocenters. The van der Waals surface area contributed by atoms with E-state index in [2.05, 4.69) is 57.7 Å². The van der Waals surface area contributed by atoms with E-state index in [1.165, 1.54) is 23.1 Å². The SMILES string of the molecule is C1=CC2CC2C(c2cn[nH]c2-c2ccnc3ccccc23)=C1. The molecular weight excluding hydrogens is 270 g/mol. The topological polar surface area (TPSA) is 41.6 Å². The molecule has 3 heteroatoms. The zero-order valence-electron chi connectivity index (χ0n) is 12.0. The molecule has 2 aromatic heterocycles. The van der Waals surface area contributed by atoms with E-state index in [-0.39, 0.29) is 0 Å². The quantitative estimate of drug-likeness (QED) is 0.766. The van der Waals surface area contributed by atoms with Gasteiger partial charge in [-0.25, -0.2) is 0 Å². The summed E-state index contributed by atoms with van der Waals surface area (Å²) >= 11 is 0. The number of hydrogen-bond acceptors (Lipinski definition) is 2. The van der Waals surface area contributed by atoms with Gasteiger partial charge in [0.15, 0.2) is 0 Å². The van der Waals surface area contributed by atoms with Crippen molar-refractivity contribution in [1.29, 1.82) is 0 Å². The Morgan fingerprint density at radius 1 is 1.09 bits per heavy atom. The van der Waals surface area contributed by atoms with Crippen molar-refractivity contribution >= 4 is 16.5 Å². The Hall–Kier alpha value is -2.68. The Labute approximate surface area is 128 Å². The Bertz CT molecular complexity index is 927. The molecule has 1 aromatic carbocycles. The molecule has 1 fully saturated rings. The number of nitrogens with one attached hydrogen (secondary N) is 1. The summed E-state index contributed by atoms with van der Waals surface area (Å²) in [5.74, 6) is 1.41. The summed E-state index contributed by atoms with van der Waals surface area (Å²) in [6.07, 6.45) is 11.8. The van der Waals surface area contributed by atoms with Crippen molar-refractivity contribution in [2.75, 3.05) is 0 Å². The maximum absolute atomic E-state index is 4.46. The molecule has 3 nitrogen and oxygen atoms in total. The molecule has 0 spiro atoms. The van der Waals surface area contributed by atoms with E-state index in [1.807, 2.05) is 18.5 Å². The van der Waals surface area contributed by atoms with Crippen molar-refractivity contribution < 1.29 is 0 Å². The monoisotopic (exact) mass is 285 g/mol. The van der Waals surface area contributed by atoms with Crippen molar-refractivity contribution in [3.8, 4) is 11.3 Å². The number of aromatic nitrogens is 3. The van der Waals surface area contributed by atoms with Crippen LogP contribution < -0.4 is 0 Å². The molecule has 0 amide bonds. The predicted octanol–water partition coefficient (Wildman–Crippen LogP) is 4.21. The lowest BCUT2D eigenvalue weighted by molar-refractivity contribution is 0.999. The Kier molecular flexibility index (Phi) is 2.39. The van der Waals surface area contributed by atoms with Crippen LogP contribution in [0.15, 0.2) is 61.0 Å². The standard InChI is InChI=1S/C19H15N3/c1-2-7-18-14(5-1)15(8-9-20-18)19-17(11-21-22-19)13-6-3-4-12-10-16(12)13/h1-9,11-12,16H,10H2,(H,21,22). The molecule has 1 N–H and O–H groups in total. The minimum absolute atomic E-state index is 0.675. The van der Waals surface area contributed by atoms with Crippen molar-refractivity contribution in [3.05, 3.63) is 66.5 Å². The molecule has 0 aliphatic heterocycles. The van der Waals surface area contributed by atoms with Crippen LogP contribution in [-0.4, -0.2) is 15.2 Å². The van der Waals surface area contributed by atoms with Gasteiger partial charge in [0, 0.05) is 22.7 Å². The minimum Gasteiger partial charge on any atom is -0.277 e. The zero-order valence-corrected chi connectivity index (χ0v) is 12.0. The Morgan fingerprint density at radius 2 is 2.05 bits per heavy atom. The molecule has 2 heterocycles. The smallest absolute Gasteiger partial charge is 0.0732 e. The number of aromatic amines is 1. The van der Waals surface area contributed by atoms with Crippen molar-refractivity contribution in [1.82, 2.24) is 15.2 Å². The lowest BCUT2D eigenvalue weighted by Gasteiger charge is -2.11. The number of allylic oxidation sites excluding steroid dienone is 4. The van der Waals surface area contributed by atoms with Crippen molar-refractivity contribution in [2.24, 2.45) is 11.8 Å². The fourth-order valence-electron chi connectivity index (χ4n) is 3.52. The fraction of sp³-hybridized carbons (Fsp3) is 0.158. The van der Waals surface area contributed by atoms with Crippen molar-refractivity contribution in [3.63, 3.8) is 0 Å². The van der Waals surface area contributed by atoms with Crippen molar-refractivity contribution in [2.45, 2.75) is 6.42 Å². The largest absolute Gasteiger partial charge is 0.277 e. The van der Waals surface area contributed by atoms with E-state index in [0.717, 1.165) is 22.5 Å². The van der Waals surface area contributed by atoms with Crippen LogP contribution in [-0.2, 0) is 0 Å². The van der Waals surface area contributed by atoms with Gasteiger partial charge in [0.25, 0.3) is 0 Å². The van der Waals surface area contributed by atoms with E-state index >= 15 is 0 Å². The number of pyridine rings is 1. The number of para-hydroxylation sites is 1. The fourth-order valence-corrected chi connectivity index (χ4v) is 3.52. The first kappa shape index (κ1) is 11.9. The third-order valence-corrected chi connectivity index (χ3v) is 4.74. The van der Waals surface area contributed by atoms with Crippen LogP contribution in [0, 0.1) is 11.8 Å². The number of hydrogen-bond donors (Lipinski definition) is 1. The lowest BCUT2D eigenvalue weighted by Crippen LogP contribution is -1.94. The first-order valence-corrected chi connectivity index (χ1v) is 7.68. The first-order valence-electron chi connectivity index (χ1n) is 7.68. The van der Waals surface area contributed by atoms with E-state index in [1.54, 1.807) is 0 Å². The molecule has 106 valence electrons. The van der Waals surface area contributed by atoms with Gasteiger partial charge in [-0.3, -0.25) is 10.1 Å². The van der Waals surface area contributed by atoms with Crippen LogP contribution in [0.2, 0.25) is 0 Å². The summed E-state index contributed by atoms with van der Waals surface area (Å²) in [5, 5.41) is 8.69. The highest BCUT2D eigenvalue weighted by Crippen LogP contribution is 2.52. The first-order chi connectivity index (χ1) is 10.9. The van der Waals surface area contributed by atoms with E-state index in [0.29, 0.717) is 5.92 Å². The zero-order chi connectivity index (χ0) is 14.5. The molecule has 0 radical (unpaired) electrons. The third kappa shape index (κ3) is 1.69. The summed E-state index contributed by atoms with van der Waals surface area (Å²) in [6.45, 7) is 0. The Morgan fingerprint density at radius 3 is 3.05 bits per heavy atom. The van der Waals surface area contributed by atoms with Gasteiger partial charge in [-0.2, -0.15) is 5.10 Å². The van der Waals surface area contributed by atoms with Gasteiger partial charge in [0.2, 0.25) is 0 Å². The maximum Gasteiger partial charge on any atom is 0.0732 e. The summed E-state index contributed by atoms with van der Waals surface area (Å²) in [4.78, 5) is 4.46. The molecule has 0 saturated heterocycles. The highest BCUT2D eigenvalue weighted by Gasteiger charge is 2.40. The van der Waals surface area contributed by atoms with Gasteiger partial charge in [0.05, 0.1) is 17.4 Å². The normalized spacial score (nSPS) is 22.5. The Balaban J connectivity index is 1.72. The summed E-state index contributed by atoms with van der Waals surface area (Å²) in [5.41, 5.74) is 5.93. The summed E-state index contributed by atoms with van der Waals surface area (Å²) in [7, 11) is 0. The molecule has 22 heavy (non-hydrogen) atoms. The average molecular weight is 285 g/mol. The molecule has 3 aromatic rings. The average Bonchev–Trinajstić information content (AvgIpc) is 3.22. The van der Waals surface area contributed by atoms with Gasteiger partial charge in [-0.15, -0.1) is 0 Å². The third-order valence-electron chi connectivity index (χ3n) is 4.74. The lowest BCUT2D eigenvalue weighted by atomic mass is 9.94. The second-order valence-electron chi connectivity index (χ2n) is 6.05. The molecular formula is C19H15N3. The predicted molar refractivity (Wildman–Crippen MR) is 88.0 cm³/mol. The number of nitrogens with zero attached hydrogens (tertiary/aromatic N) is 2. The van der Waals surface area contributed by atoms with Gasteiger partial charge in [-0.1, -0.05) is 36.4 Å². The van der Waals surface area contributed by atoms with Crippen LogP contribution in [0.5, 0.6) is 0 Å². The minimum atomic E-state index is 0.675. The number of H-pyrrole nitrogens is 1. The maximum atomic E-state index is 4.46.